The van der Waals surface area contributed by atoms with Crippen LogP contribution in [-0.2, 0) is 17.7 Å². The normalized spacial score (nSPS) is 14.4. The molecule has 0 saturated carbocycles. The van der Waals surface area contributed by atoms with Gasteiger partial charge in [-0.1, -0.05) is 6.07 Å². The van der Waals surface area contributed by atoms with Gasteiger partial charge < -0.3 is 19.5 Å². The van der Waals surface area contributed by atoms with E-state index in [4.69, 9.17) is 9.47 Å². The number of thiophene rings is 1. The van der Waals surface area contributed by atoms with Gasteiger partial charge in [0.25, 0.3) is 0 Å². The molecule has 0 atom stereocenters. The van der Waals surface area contributed by atoms with E-state index in [0.717, 1.165) is 30.0 Å². The molecular weight excluding hydrogens is 352 g/mol. The lowest BCUT2D eigenvalue weighted by Crippen LogP contribution is -2.26. The Balaban J connectivity index is 1.98. The summed E-state index contributed by atoms with van der Waals surface area (Å²) in [5, 5.41) is 10.9. The molecule has 3 rings (SSSR count). The van der Waals surface area contributed by atoms with E-state index in [1.165, 1.54) is 18.4 Å². The fourth-order valence-electron chi connectivity index (χ4n) is 2.96. The van der Waals surface area contributed by atoms with Gasteiger partial charge in [-0.25, -0.2) is 9.79 Å². The number of aliphatic imine (C=N–C) groups is 1. The SMILES string of the molecule is CCOc1cccc(/C=N/c2sc3c(c2C(=O)OC)CCN(C)C3)c1O. The van der Waals surface area contributed by atoms with Crippen LogP contribution < -0.4 is 4.74 Å². The number of methoxy groups -OCH3 is 1. The van der Waals surface area contributed by atoms with Gasteiger partial charge in [-0.05, 0) is 38.1 Å². The maximum Gasteiger partial charge on any atom is 0.341 e. The monoisotopic (exact) mass is 374 g/mol. The first-order valence-corrected chi connectivity index (χ1v) is 9.27. The zero-order chi connectivity index (χ0) is 18.7. The van der Waals surface area contributed by atoms with Gasteiger partial charge in [-0.2, -0.15) is 0 Å². The number of carbonyl (C=O) groups excluding carboxylic acids is 1. The van der Waals surface area contributed by atoms with Crippen LogP contribution in [-0.4, -0.2) is 49.5 Å². The number of phenolic OH excluding ortho intramolecular Hbond substituents is 1. The summed E-state index contributed by atoms with van der Waals surface area (Å²) in [6.45, 7) is 4.01. The topological polar surface area (TPSA) is 71.4 Å². The highest BCUT2D eigenvalue weighted by atomic mass is 32.1. The van der Waals surface area contributed by atoms with Gasteiger partial charge >= 0.3 is 5.97 Å². The Hall–Kier alpha value is -2.38. The van der Waals surface area contributed by atoms with E-state index in [1.807, 2.05) is 6.92 Å². The maximum atomic E-state index is 12.3. The summed E-state index contributed by atoms with van der Waals surface area (Å²) in [7, 11) is 3.44. The Morgan fingerprint density at radius 2 is 2.27 bits per heavy atom. The van der Waals surface area contributed by atoms with Crippen molar-refractivity contribution >= 4 is 28.5 Å². The molecule has 0 radical (unpaired) electrons. The highest BCUT2D eigenvalue weighted by Crippen LogP contribution is 2.39. The number of benzene rings is 1. The zero-order valence-electron chi connectivity index (χ0n) is 15.1. The van der Waals surface area contributed by atoms with Gasteiger partial charge in [-0.15, -0.1) is 11.3 Å². The summed E-state index contributed by atoms with van der Waals surface area (Å²) >= 11 is 1.50. The van der Waals surface area contributed by atoms with Gasteiger partial charge in [0.15, 0.2) is 11.5 Å². The van der Waals surface area contributed by atoms with Crippen LogP contribution >= 0.6 is 11.3 Å². The minimum Gasteiger partial charge on any atom is -0.504 e. The van der Waals surface area contributed by atoms with E-state index < -0.39 is 0 Å². The van der Waals surface area contributed by atoms with Crippen molar-refractivity contribution in [3.8, 4) is 11.5 Å². The quantitative estimate of drug-likeness (QED) is 0.642. The predicted molar refractivity (Wildman–Crippen MR) is 102 cm³/mol. The predicted octanol–water partition coefficient (Wildman–Crippen LogP) is 3.38. The second-order valence-electron chi connectivity index (χ2n) is 6.05. The molecule has 0 bridgehead atoms. The second-order valence-corrected chi connectivity index (χ2v) is 7.13. The summed E-state index contributed by atoms with van der Waals surface area (Å²) in [4.78, 5) is 20.1. The van der Waals surface area contributed by atoms with Crippen LogP contribution in [0.4, 0.5) is 5.00 Å². The average Bonchev–Trinajstić information content (AvgIpc) is 2.99. The number of likely N-dealkylation sites (N-methyl/N-ethyl adjacent to an activating group) is 1. The van der Waals surface area contributed by atoms with Crippen molar-refractivity contribution < 1.29 is 19.4 Å². The zero-order valence-corrected chi connectivity index (χ0v) is 15.9. The van der Waals surface area contributed by atoms with E-state index in [9.17, 15) is 9.90 Å². The number of fused-ring (bicyclic) bond motifs is 1. The fraction of sp³-hybridized carbons (Fsp3) is 0.368. The molecule has 138 valence electrons. The molecule has 7 heteroatoms. The average molecular weight is 374 g/mol. The van der Waals surface area contributed by atoms with Gasteiger partial charge in [0.05, 0.1) is 19.3 Å². The number of phenols is 1. The Morgan fingerprint density at radius 1 is 1.46 bits per heavy atom. The molecule has 0 saturated heterocycles. The van der Waals surface area contributed by atoms with Crippen LogP contribution in [0.15, 0.2) is 23.2 Å². The molecule has 1 aromatic heterocycles. The molecule has 2 heterocycles. The molecule has 2 aromatic rings. The highest BCUT2D eigenvalue weighted by Gasteiger charge is 2.27. The van der Waals surface area contributed by atoms with E-state index >= 15 is 0 Å². The number of carbonyl (C=O) groups is 1. The Kier molecular flexibility index (Phi) is 5.58. The molecule has 0 unspecified atom stereocenters. The molecule has 26 heavy (non-hydrogen) atoms. The molecule has 0 fully saturated rings. The molecule has 0 spiro atoms. The molecule has 1 aromatic carbocycles. The molecule has 1 N–H and O–H groups in total. The van der Waals surface area contributed by atoms with Crippen molar-refractivity contribution in [2.45, 2.75) is 19.9 Å². The summed E-state index contributed by atoms with van der Waals surface area (Å²) in [6, 6.07) is 5.25. The first kappa shape index (κ1) is 18.4. The van der Waals surface area contributed by atoms with Crippen molar-refractivity contribution in [3.63, 3.8) is 0 Å². The Labute approximate surface area is 156 Å². The maximum absolute atomic E-state index is 12.3. The van der Waals surface area contributed by atoms with Crippen LogP contribution in [0.25, 0.3) is 0 Å². The van der Waals surface area contributed by atoms with Crippen molar-refractivity contribution in [3.05, 3.63) is 39.8 Å². The molecule has 6 nitrogen and oxygen atoms in total. The summed E-state index contributed by atoms with van der Waals surface area (Å²) in [5.41, 5.74) is 2.10. The van der Waals surface area contributed by atoms with Gasteiger partial charge in [0, 0.05) is 29.7 Å². The first-order valence-electron chi connectivity index (χ1n) is 8.45. The number of rotatable bonds is 5. The van der Waals surface area contributed by atoms with Gasteiger partial charge in [-0.3, -0.25) is 0 Å². The third-order valence-electron chi connectivity index (χ3n) is 4.27. The van der Waals surface area contributed by atoms with E-state index in [-0.39, 0.29) is 11.7 Å². The molecule has 1 aliphatic heterocycles. The Bertz CT molecular complexity index is 844. The lowest BCUT2D eigenvalue weighted by molar-refractivity contribution is 0.0600. The smallest absolute Gasteiger partial charge is 0.341 e. The van der Waals surface area contributed by atoms with Crippen molar-refractivity contribution in [2.75, 3.05) is 27.3 Å². The van der Waals surface area contributed by atoms with Gasteiger partial charge in [0.1, 0.15) is 5.00 Å². The van der Waals surface area contributed by atoms with Crippen LogP contribution in [0.1, 0.15) is 33.3 Å². The largest absolute Gasteiger partial charge is 0.504 e. The van der Waals surface area contributed by atoms with E-state index in [2.05, 4.69) is 16.9 Å². The van der Waals surface area contributed by atoms with Gasteiger partial charge in [0.2, 0.25) is 0 Å². The van der Waals surface area contributed by atoms with Crippen molar-refractivity contribution in [1.82, 2.24) is 4.90 Å². The summed E-state index contributed by atoms with van der Waals surface area (Å²) < 4.78 is 10.4. The summed E-state index contributed by atoms with van der Waals surface area (Å²) in [5.74, 6) is 0.0852. The van der Waals surface area contributed by atoms with E-state index in [0.29, 0.717) is 28.5 Å². The van der Waals surface area contributed by atoms with Crippen LogP contribution in [0, 0.1) is 0 Å². The number of para-hydroxylation sites is 1. The first-order chi connectivity index (χ1) is 12.5. The molecular formula is C19H22N2O4S. The number of ether oxygens (including phenoxy) is 2. The molecule has 1 aliphatic rings. The molecule has 0 aliphatic carbocycles. The van der Waals surface area contributed by atoms with Crippen LogP contribution in [0.2, 0.25) is 0 Å². The third kappa shape index (κ3) is 3.59. The van der Waals surface area contributed by atoms with Crippen LogP contribution in [0.3, 0.4) is 0 Å². The minimum absolute atomic E-state index is 0.0405. The number of nitrogens with zero attached hydrogens (tertiary/aromatic N) is 2. The lowest BCUT2D eigenvalue weighted by Gasteiger charge is -2.22. The number of aromatic hydroxyl groups is 1. The second kappa shape index (κ2) is 7.88. The fourth-order valence-corrected chi connectivity index (χ4v) is 4.22. The minimum atomic E-state index is -0.369. The number of esters is 1. The number of hydrogen-bond donors (Lipinski definition) is 1. The third-order valence-corrected chi connectivity index (χ3v) is 5.39. The van der Waals surface area contributed by atoms with E-state index in [1.54, 1.807) is 24.4 Å². The number of hydrogen-bond acceptors (Lipinski definition) is 7. The molecule has 0 amide bonds. The highest BCUT2D eigenvalue weighted by molar-refractivity contribution is 7.16. The van der Waals surface area contributed by atoms with Crippen molar-refractivity contribution in [1.29, 1.82) is 0 Å². The standard InChI is InChI=1S/C19H22N2O4S/c1-4-25-14-7-5-6-12(17(14)22)10-20-18-16(19(23)24-3)13-8-9-21(2)11-15(13)26-18/h5-7,10,22H,4,8-9,11H2,1-3H3/b20-10+. The van der Waals surface area contributed by atoms with Crippen LogP contribution in [0.5, 0.6) is 11.5 Å². The Morgan fingerprint density at radius 3 is 3.00 bits per heavy atom. The van der Waals surface area contributed by atoms with Crippen molar-refractivity contribution in [2.24, 2.45) is 4.99 Å². The lowest BCUT2D eigenvalue weighted by atomic mass is 10.0. The summed E-state index contributed by atoms with van der Waals surface area (Å²) in [6.07, 6.45) is 2.36.